The molecule has 0 spiro atoms. The third-order valence-electron chi connectivity index (χ3n) is 5.54. The molecule has 2 aliphatic heterocycles. The molecule has 2 N–H and O–H groups in total. The number of likely N-dealkylation sites (N-methyl/N-ethyl adjacent to an activating group) is 1. The number of likely N-dealkylation sites (tertiary alicyclic amines) is 1. The molecule has 0 saturated carbocycles. The summed E-state index contributed by atoms with van der Waals surface area (Å²) >= 11 is 0. The molecule has 0 unspecified atom stereocenters. The van der Waals surface area contributed by atoms with E-state index in [-0.39, 0.29) is 24.4 Å². The van der Waals surface area contributed by atoms with E-state index in [4.69, 9.17) is 9.47 Å². The zero-order chi connectivity index (χ0) is 20.1. The Balaban J connectivity index is 1.53. The third kappa shape index (κ3) is 4.49. The highest BCUT2D eigenvalue weighted by Gasteiger charge is 2.32. The van der Waals surface area contributed by atoms with Crippen LogP contribution in [-0.2, 0) is 4.79 Å². The van der Waals surface area contributed by atoms with Gasteiger partial charge in [0.2, 0.25) is 5.91 Å². The van der Waals surface area contributed by atoms with E-state index in [0.717, 1.165) is 25.2 Å². The number of anilines is 1. The van der Waals surface area contributed by atoms with E-state index in [2.05, 4.69) is 22.5 Å². The Kier molecular flexibility index (Phi) is 6.61. The van der Waals surface area contributed by atoms with Crippen molar-refractivity contribution in [2.45, 2.75) is 38.3 Å². The summed E-state index contributed by atoms with van der Waals surface area (Å²) in [6.07, 6.45) is 2.58. The lowest BCUT2D eigenvalue weighted by molar-refractivity contribution is -0.117. The fraction of sp³-hybridized carbons (Fsp3) is 0.600. The number of urea groups is 1. The molecular formula is C20H30N4O4. The fourth-order valence-electron chi connectivity index (χ4n) is 4.04. The van der Waals surface area contributed by atoms with Gasteiger partial charge in [0.15, 0.2) is 11.5 Å². The number of benzene rings is 1. The van der Waals surface area contributed by atoms with Crippen molar-refractivity contribution in [3.8, 4) is 11.5 Å². The Morgan fingerprint density at radius 1 is 1.25 bits per heavy atom. The van der Waals surface area contributed by atoms with E-state index in [1.54, 1.807) is 31.3 Å². The first-order valence-electron chi connectivity index (χ1n) is 9.86. The summed E-state index contributed by atoms with van der Waals surface area (Å²) in [6, 6.07) is 5.35. The van der Waals surface area contributed by atoms with Gasteiger partial charge in [0.25, 0.3) is 0 Å². The number of nitrogens with one attached hydrogen (secondary N) is 2. The molecule has 3 amide bonds. The van der Waals surface area contributed by atoms with E-state index < -0.39 is 0 Å². The van der Waals surface area contributed by atoms with Gasteiger partial charge in [-0.1, -0.05) is 6.92 Å². The van der Waals surface area contributed by atoms with Gasteiger partial charge in [0.1, 0.15) is 0 Å². The van der Waals surface area contributed by atoms with Gasteiger partial charge in [-0.05, 0) is 38.1 Å². The Morgan fingerprint density at radius 3 is 2.75 bits per heavy atom. The number of carbonyl (C=O) groups excluding carboxylic acids is 2. The minimum absolute atomic E-state index is 0.0227. The fourth-order valence-corrected chi connectivity index (χ4v) is 4.04. The molecule has 28 heavy (non-hydrogen) atoms. The highest BCUT2D eigenvalue weighted by molar-refractivity contribution is 5.97. The van der Waals surface area contributed by atoms with Crippen LogP contribution in [0.25, 0.3) is 0 Å². The average molecular weight is 390 g/mol. The number of ether oxygens (including phenoxy) is 2. The van der Waals surface area contributed by atoms with Crippen LogP contribution in [0.2, 0.25) is 0 Å². The number of hydrogen-bond donors (Lipinski definition) is 2. The van der Waals surface area contributed by atoms with Crippen molar-refractivity contribution in [2.75, 3.05) is 45.3 Å². The van der Waals surface area contributed by atoms with Crippen molar-refractivity contribution >= 4 is 17.6 Å². The third-order valence-corrected chi connectivity index (χ3v) is 5.54. The number of hydrogen-bond acceptors (Lipinski definition) is 5. The summed E-state index contributed by atoms with van der Waals surface area (Å²) in [5.41, 5.74) is 0.733. The number of carbonyl (C=O) groups is 2. The van der Waals surface area contributed by atoms with Gasteiger partial charge in [-0.15, -0.1) is 0 Å². The molecule has 154 valence electrons. The Morgan fingerprint density at radius 2 is 2.04 bits per heavy atom. The zero-order valence-corrected chi connectivity index (χ0v) is 16.9. The summed E-state index contributed by atoms with van der Waals surface area (Å²) in [5.74, 6) is 1.16. The molecule has 8 heteroatoms. The van der Waals surface area contributed by atoms with Crippen molar-refractivity contribution in [1.29, 1.82) is 0 Å². The molecule has 2 saturated heterocycles. The number of rotatable bonds is 7. The maximum atomic E-state index is 12.4. The molecule has 0 bridgehead atoms. The van der Waals surface area contributed by atoms with Crippen LogP contribution in [0.4, 0.5) is 10.5 Å². The van der Waals surface area contributed by atoms with Crippen molar-refractivity contribution in [3.05, 3.63) is 18.2 Å². The molecule has 2 atom stereocenters. The van der Waals surface area contributed by atoms with Crippen molar-refractivity contribution < 1.29 is 19.1 Å². The average Bonchev–Trinajstić information content (AvgIpc) is 3.31. The highest BCUT2D eigenvalue weighted by atomic mass is 16.5. The number of methoxy groups -OCH3 is 2. The zero-order valence-electron chi connectivity index (χ0n) is 16.9. The summed E-state index contributed by atoms with van der Waals surface area (Å²) in [7, 11) is 3.13. The monoisotopic (exact) mass is 390 g/mol. The van der Waals surface area contributed by atoms with Gasteiger partial charge in [-0.25, -0.2) is 4.79 Å². The molecule has 0 aromatic heterocycles. The first kappa shape index (κ1) is 20.3. The van der Waals surface area contributed by atoms with Crippen LogP contribution >= 0.6 is 0 Å². The summed E-state index contributed by atoms with van der Waals surface area (Å²) < 4.78 is 10.6. The Hall–Kier alpha value is -2.48. The predicted octanol–water partition coefficient (Wildman–Crippen LogP) is 1.59. The summed E-state index contributed by atoms with van der Waals surface area (Å²) in [4.78, 5) is 28.8. The second-order valence-electron chi connectivity index (χ2n) is 7.22. The van der Waals surface area contributed by atoms with Gasteiger partial charge < -0.3 is 25.0 Å². The molecule has 0 aliphatic carbocycles. The lowest BCUT2D eigenvalue weighted by atomic mass is 10.2. The minimum atomic E-state index is -0.216. The van der Waals surface area contributed by atoms with Crippen LogP contribution in [0.5, 0.6) is 11.5 Å². The van der Waals surface area contributed by atoms with Crippen LogP contribution in [-0.4, -0.2) is 69.3 Å². The lowest BCUT2D eigenvalue weighted by Gasteiger charge is -2.23. The van der Waals surface area contributed by atoms with Crippen molar-refractivity contribution in [3.63, 3.8) is 0 Å². The molecule has 1 aromatic rings. The molecule has 0 radical (unpaired) electrons. The van der Waals surface area contributed by atoms with E-state index in [1.165, 1.54) is 6.42 Å². The van der Waals surface area contributed by atoms with Crippen molar-refractivity contribution in [1.82, 2.24) is 15.5 Å². The molecule has 8 nitrogen and oxygen atoms in total. The second-order valence-corrected chi connectivity index (χ2v) is 7.22. The van der Waals surface area contributed by atoms with Crippen LogP contribution < -0.4 is 25.0 Å². The van der Waals surface area contributed by atoms with Crippen LogP contribution in [0, 0.1) is 0 Å². The van der Waals surface area contributed by atoms with E-state index in [0.29, 0.717) is 30.6 Å². The molecule has 1 aromatic carbocycles. The topological polar surface area (TPSA) is 83.1 Å². The molecule has 2 heterocycles. The maximum Gasteiger partial charge on any atom is 0.315 e. The minimum Gasteiger partial charge on any atom is -0.493 e. The Bertz CT molecular complexity index is 711. The van der Waals surface area contributed by atoms with E-state index >= 15 is 0 Å². The molecule has 2 fully saturated rings. The quantitative estimate of drug-likeness (QED) is 0.739. The maximum absolute atomic E-state index is 12.4. The van der Waals surface area contributed by atoms with Crippen LogP contribution in [0.3, 0.4) is 0 Å². The second kappa shape index (κ2) is 9.14. The smallest absolute Gasteiger partial charge is 0.315 e. The van der Waals surface area contributed by atoms with Crippen molar-refractivity contribution in [2.24, 2.45) is 0 Å². The standard InChI is InChI=1S/C20H30N4O4/c1-4-23-9-5-6-16(23)12-21-20(26)22-14-10-19(25)24(13-14)15-7-8-17(27-2)18(11-15)28-3/h7-8,11,14,16H,4-6,9-10,12-13H2,1-3H3,(H2,21,22,26)/t14-,16+/m1/s1. The van der Waals surface area contributed by atoms with Gasteiger partial charge in [-0.2, -0.15) is 0 Å². The van der Waals surface area contributed by atoms with Crippen LogP contribution in [0.1, 0.15) is 26.2 Å². The molecule has 2 aliphatic rings. The summed E-state index contributed by atoms with van der Waals surface area (Å²) in [5, 5.41) is 5.89. The van der Waals surface area contributed by atoms with Gasteiger partial charge in [0, 0.05) is 37.3 Å². The first-order chi connectivity index (χ1) is 13.5. The van der Waals surface area contributed by atoms with E-state index in [1.807, 2.05) is 6.07 Å². The Labute approximate surface area is 166 Å². The number of amides is 3. The van der Waals surface area contributed by atoms with Crippen LogP contribution in [0.15, 0.2) is 18.2 Å². The normalized spacial score (nSPS) is 22.4. The van der Waals surface area contributed by atoms with E-state index in [9.17, 15) is 9.59 Å². The molecule has 3 rings (SSSR count). The van der Waals surface area contributed by atoms with Gasteiger partial charge in [0.05, 0.1) is 20.3 Å². The first-order valence-corrected chi connectivity index (χ1v) is 9.86. The predicted molar refractivity (Wildman–Crippen MR) is 107 cm³/mol. The lowest BCUT2D eigenvalue weighted by Crippen LogP contribution is -2.47. The van der Waals surface area contributed by atoms with Gasteiger partial charge >= 0.3 is 6.03 Å². The summed E-state index contributed by atoms with van der Waals surface area (Å²) in [6.45, 7) is 5.32. The number of nitrogens with zero attached hydrogens (tertiary/aromatic N) is 2. The SMILES string of the molecule is CCN1CCC[C@H]1CNC(=O)N[C@@H]1CC(=O)N(c2ccc(OC)c(OC)c2)C1. The largest absolute Gasteiger partial charge is 0.493 e. The van der Waals surface area contributed by atoms with Gasteiger partial charge in [-0.3, -0.25) is 9.69 Å². The highest BCUT2D eigenvalue weighted by Crippen LogP contribution is 2.33. The molecular weight excluding hydrogens is 360 g/mol.